The summed E-state index contributed by atoms with van der Waals surface area (Å²) in [6, 6.07) is 11.5. The van der Waals surface area contributed by atoms with Crippen molar-refractivity contribution < 1.29 is 4.79 Å². The van der Waals surface area contributed by atoms with Gasteiger partial charge in [0, 0.05) is 23.5 Å². The summed E-state index contributed by atoms with van der Waals surface area (Å²) in [7, 11) is 0. The molecule has 6 heteroatoms. The van der Waals surface area contributed by atoms with Crippen LogP contribution in [0.25, 0.3) is 16.6 Å². The van der Waals surface area contributed by atoms with E-state index in [0.29, 0.717) is 5.56 Å². The molecule has 0 radical (unpaired) electrons. The third kappa shape index (κ3) is 2.54. The van der Waals surface area contributed by atoms with E-state index in [4.69, 9.17) is 11.5 Å². The van der Waals surface area contributed by atoms with Crippen molar-refractivity contribution in [1.29, 1.82) is 0 Å². The number of carbonyl (C=O) groups excluding carboxylic acids is 1. The monoisotopic (exact) mass is 293 g/mol. The Balaban J connectivity index is 2.11. The number of para-hydroxylation sites is 1. The third-order valence-electron chi connectivity index (χ3n) is 3.27. The number of amides is 1. The number of benzene rings is 1. The molecule has 0 fully saturated rings. The fraction of sp³-hybridized carbons (Fsp3) is 0.0625. The molecule has 1 aromatic carbocycles. The summed E-state index contributed by atoms with van der Waals surface area (Å²) in [6.07, 6.45) is 3.51. The molecule has 3 aromatic rings. The SMILES string of the molecule is Cc1cc(-n2ccc(C(=O)N=C(N)N)c2)c2ccccc2n1. The number of aliphatic imine (C=N–C) groups is 1. The lowest BCUT2D eigenvalue weighted by atomic mass is 10.1. The van der Waals surface area contributed by atoms with Gasteiger partial charge in [-0.2, -0.15) is 4.99 Å². The first-order chi connectivity index (χ1) is 10.5. The van der Waals surface area contributed by atoms with E-state index in [1.807, 2.05) is 41.8 Å². The van der Waals surface area contributed by atoms with Gasteiger partial charge < -0.3 is 16.0 Å². The molecular weight excluding hydrogens is 278 g/mol. The number of aromatic nitrogens is 2. The Kier molecular flexibility index (Phi) is 3.34. The maximum atomic E-state index is 11.9. The molecule has 0 unspecified atom stereocenters. The van der Waals surface area contributed by atoms with E-state index in [0.717, 1.165) is 22.3 Å². The normalized spacial score (nSPS) is 10.6. The minimum Gasteiger partial charge on any atom is -0.370 e. The number of nitrogens with two attached hydrogens (primary N) is 2. The van der Waals surface area contributed by atoms with Crippen LogP contribution in [0, 0.1) is 6.92 Å². The number of carbonyl (C=O) groups is 1. The van der Waals surface area contributed by atoms with E-state index < -0.39 is 5.91 Å². The number of aryl methyl sites for hydroxylation is 1. The number of hydrogen-bond donors (Lipinski definition) is 2. The molecule has 0 spiro atoms. The number of fused-ring (bicyclic) bond motifs is 1. The van der Waals surface area contributed by atoms with Crippen LogP contribution in [-0.4, -0.2) is 21.4 Å². The maximum absolute atomic E-state index is 11.9. The van der Waals surface area contributed by atoms with Gasteiger partial charge in [-0.15, -0.1) is 0 Å². The molecule has 3 rings (SSSR count). The van der Waals surface area contributed by atoms with E-state index in [1.165, 1.54) is 0 Å². The highest BCUT2D eigenvalue weighted by Gasteiger charge is 2.10. The van der Waals surface area contributed by atoms with Crippen molar-refractivity contribution in [2.24, 2.45) is 16.5 Å². The van der Waals surface area contributed by atoms with Gasteiger partial charge in [-0.05, 0) is 25.1 Å². The van der Waals surface area contributed by atoms with Crippen LogP contribution < -0.4 is 11.5 Å². The molecule has 0 bridgehead atoms. The van der Waals surface area contributed by atoms with Gasteiger partial charge in [0.2, 0.25) is 0 Å². The minimum atomic E-state index is -0.464. The Hall–Kier alpha value is -3.15. The van der Waals surface area contributed by atoms with Crippen LogP contribution in [0.2, 0.25) is 0 Å². The molecule has 0 atom stereocenters. The summed E-state index contributed by atoms with van der Waals surface area (Å²) in [5.74, 6) is -0.711. The van der Waals surface area contributed by atoms with E-state index in [1.54, 1.807) is 18.5 Å². The molecule has 6 nitrogen and oxygen atoms in total. The highest BCUT2D eigenvalue weighted by Crippen LogP contribution is 2.22. The van der Waals surface area contributed by atoms with Gasteiger partial charge >= 0.3 is 0 Å². The van der Waals surface area contributed by atoms with Crippen molar-refractivity contribution >= 4 is 22.8 Å². The van der Waals surface area contributed by atoms with Crippen LogP contribution in [0.1, 0.15) is 16.1 Å². The van der Waals surface area contributed by atoms with Crippen molar-refractivity contribution in [3.8, 4) is 5.69 Å². The summed E-state index contributed by atoms with van der Waals surface area (Å²) in [4.78, 5) is 19.9. The van der Waals surface area contributed by atoms with Gasteiger partial charge in [0.15, 0.2) is 5.96 Å². The molecule has 22 heavy (non-hydrogen) atoms. The van der Waals surface area contributed by atoms with E-state index in [9.17, 15) is 4.79 Å². The standard InChI is InChI=1S/C16H15N5O/c1-10-8-14(12-4-2-3-5-13(12)19-10)21-7-6-11(9-21)15(22)20-16(17)18/h2-9H,1H3,(H4,17,18,20,22). The van der Waals surface area contributed by atoms with Gasteiger partial charge in [0.1, 0.15) is 0 Å². The zero-order chi connectivity index (χ0) is 15.7. The highest BCUT2D eigenvalue weighted by atomic mass is 16.1. The zero-order valence-corrected chi connectivity index (χ0v) is 12.0. The van der Waals surface area contributed by atoms with Gasteiger partial charge in [-0.3, -0.25) is 9.78 Å². The Morgan fingerprint density at radius 2 is 2.00 bits per heavy atom. The van der Waals surface area contributed by atoms with Crippen LogP contribution in [0.15, 0.2) is 53.8 Å². The second-order valence-corrected chi connectivity index (χ2v) is 4.95. The lowest BCUT2D eigenvalue weighted by Gasteiger charge is -2.08. The predicted molar refractivity (Wildman–Crippen MR) is 85.9 cm³/mol. The smallest absolute Gasteiger partial charge is 0.281 e. The number of nitrogens with zero attached hydrogens (tertiary/aromatic N) is 3. The Bertz CT molecular complexity index is 890. The van der Waals surface area contributed by atoms with Crippen LogP contribution >= 0.6 is 0 Å². The van der Waals surface area contributed by atoms with Crippen LogP contribution in [0.3, 0.4) is 0 Å². The van der Waals surface area contributed by atoms with Crippen molar-refractivity contribution in [3.63, 3.8) is 0 Å². The molecule has 1 amide bonds. The first kappa shape index (κ1) is 13.8. The molecule has 2 heterocycles. The summed E-state index contributed by atoms with van der Waals surface area (Å²) in [5.41, 5.74) is 13.7. The van der Waals surface area contributed by atoms with Gasteiger partial charge in [-0.25, -0.2) is 0 Å². The first-order valence-corrected chi connectivity index (χ1v) is 6.73. The second kappa shape index (κ2) is 5.33. The van der Waals surface area contributed by atoms with Crippen molar-refractivity contribution in [2.45, 2.75) is 6.92 Å². The maximum Gasteiger partial charge on any atom is 0.281 e. The topological polar surface area (TPSA) is 99.3 Å². The molecule has 0 aliphatic carbocycles. The quantitative estimate of drug-likeness (QED) is 0.555. The molecule has 0 saturated carbocycles. The summed E-state index contributed by atoms with van der Waals surface area (Å²) >= 11 is 0. The number of rotatable bonds is 2. The number of hydrogen-bond acceptors (Lipinski definition) is 2. The fourth-order valence-corrected chi connectivity index (χ4v) is 2.35. The van der Waals surface area contributed by atoms with Crippen LogP contribution in [-0.2, 0) is 0 Å². The second-order valence-electron chi connectivity index (χ2n) is 4.95. The Morgan fingerprint density at radius 3 is 2.77 bits per heavy atom. The fourth-order valence-electron chi connectivity index (χ4n) is 2.35. The molecule has 110 valence electrons. The largest absolute Gasteiger partial charge is 0.370 e. The van der Waals surface area contributed by atoms with Crippen LogP contribution in [0.5, 0.6) is 0 Å². The zero-order valence-electron chi connectivity index (χ0n) is 12.0. The Morgan fingerprint density at radius 1 is 1.23 bits per heavy atom. The summed E-state index contributed by atoms with van der Waals surface area (Å²) in [5, 5.41) is 1.00. The molecule has 4 N–H and O–H groups in total. The highest BCUT2D eigenvalue weighted by molar-refractivity contribution is 6.02. The van der Waals surface area contributed by atoms with E-state index in [2.05, 4.69) is 9.98 Å². The molecule has 0 saturated heterocycles. The van der Waals surface area contributed by atoms with Gasteiger partial charge in [-0.1, -0.05) is 18.2 Å². The van der Waals surface area contributed by atoms with Gasteiger partial charge in [0.25, 0.3) is 5.91 Å². The summed E-state index contributed by atoms with van der Waals surface area (Å²) in [6.45, 7) is 1.94. The number of guanidine groups is 1. The number of pyridine rings is 1. The van der Waals surface area contributed by atoms with E-state index in [-0.39, 0.29) is 5.96 Å². The lowest BCUT2D eigenvalue weighted by molar-refractivity contribution is 0.100. The first-order valence-electron chi connectivity index (χ1n) is 6.73. The molecule has 0 aliphatic heterocycles. The van der Waals surface area contributed by atoms with Crippen molar-refractivity contribution in [1.82, 2.24) is 9.55 Å². The average Bonchev–Trinajstić information content (AvgIpc) is 2.95. The van der Waals surface area contributed by atoms with Gasteiger partial charge in [0.05, 0.1) is 16.8 Å². The Labute approximate surface area is 127 Å². The third-order valence-corrected chi connectivity index (χ3v) is 3.27. The molecule has 2 aromatic heterocycles. The average molecular weight is 293 g/mol. The van der Waals surface area contributed by atoms with Crippen LogP contribution in [0.4, 0.5) is 0 Å². The summed E-state index contributed by atoms with van der Waals surface area (Å²) < 4.78 is 1.87. The predicted octanol–water partition coefficient (Wildman–Crippen LogP) is 1.75. The lowest BCUT2D eigenvalue weighted by Crippen LogP contribution is -2.24. The minimum absolute atomic E-state index is 0.247. The van der Waals surface area contributed by atoms with E-state index >= 15 is 0 Å². The van der Waals surface area contributed by atoms with Crippen molar-refractivity contribution in [2.75, 3.05) is 0 Å². The molecular formula is C16H15N5O. The van der Waals surface area contributed by atoms with Crippen molar-refractivity contribution in [3.05, 3.63) is 60.0 Å². The molecule has 0 aliphatic rings.